The lowest BCUT2D eigenvalue weighted by Gasteiger charge is -2.29. The monoisotopic (exact) mass is 268 g/mol. The third-order valence-electron chi connectivity index (χ3n) is 3.28. The number of carbonyl (C=O) groups is 1. The van der Waals surface area contributed by atoms with E-state index in [4.69, 9.17) is 26.4 Å². The van der Waals surface area contributed by atoms with Gasteiger partial charge in [0.1, 0.15) is 12.2 Å². The maximum atomic E-state index is 11.2. The molecule has 1 saturated heterocycles. The number of hydrogen-bond donors (Lipinski definition) is 1. The summed E-state index contributed by atoms with van der Waals surface area (Å²) < 4.78 is 16.8. The van der Waals surface area contributed by atoms with Crippen LogP contribution in [-0.2, 0) is 19.0 Å². The molecule has 3 aliphatic rings. The molecule has 0 radical (unpaired) electrons. The number of carboxylic acid groups (broad SMARTS) is 1. The van der Waals surface area contributed by atoms with Gasteiger partial charge in [-0.2, -0.15) is 0 Å². The smallest absolute Gasteiger partial charge is 0.332 e. The minimum absolute atomic E-state index is 0.312. The highest BCUT2D eigenvalue weighted by atomic mass is 32.1. The molecule has 0 bridgehead atoms. The minimum atomic E-state index is -1.25. The van der Waals surface area contributed by atoms with E-state index in [1.54, 1.807) is 12.2 Å². The summed E-state index contributed by atoms with van der Waals surface area (Å²) in [5.74, 6) is -2.74. The van der Waals surface area contributed by atoms with Crippen LogP contribution in [0.4, 0.5) is 0 Å². The predicted molar refractivity (Wildman–Crippen MR) is 64.8 cm³/mol. The molecule has 3 rings (SSSR count). The van der Waals surface area contributed by atoms with Crippen LogP contribution in [0.1, 0.15) is 12.8 Å². The lowest BCUT2D eigenvalue weighted by molar-refractivity contribution is -0.314. The molecule has 4 atom stereocenters. The van der Waals surface area contributed by atoms with Gasteiger partial charge in [0.2, 0.25) is 0 Å². The van der Waals surface area contributed by atoms with Gasteiger partial charge < -0.3 is 19.3 Å². The zero-order valence-corrected chi connectivity index (χ0v) is 10.3. The molecule has 1 aliphatic carbocycles. The number of allylic oxidation sites excluding steroid dienone is 2. The van der Waals surface area contributed by atoms with Gasteiger partial charge >= 0.3 is 11.9 Å². The Morgan fingerprint density at radius 3 is 3.06 bits per heavy atom. The van der Waals surface area contributed by atoms with Gasteiger partial charge in [-0.25, -0.2) is 0 Å². The van der Waals surface area contributed by atoms with Crippen molar-refractivity contribution >= 4 is 23.1 Å². The van der Waals surface area contributed by atoms with Crippen LogP contribution >= 0.6 is 12.2 Å². The van der Waals surface area contributed by atoms with Gasteiger partial charge in [-0.3, -0.25) is 4.79 Å². The van der Waals surface area contributed by atoms with E-state index in [-0.39, 0.29) is 0 Å². The van der Waals surface area contributed by atoms with Crippen LogP contribution in [0, 0.1) is 5.92 Å². The Balaban J connectivity index is 1.85. The van der Waals surface area contributed by atoms with Crippen molar-refractivity contribution in [2.75, 3.05) is 0 Å². The molecule has 0 aromatic heterocycles. The van der Waals surface area contributed by atoms with Gasteiger partial charge in [-0.15, -0.1) is 0 Å². The Morgan fingerprint density at radius 1 is 1.50 bits per heavy atom. The van der Waals surface area contributed by atoms with Crippen molar-refractivity contribution in [1.82, 2.24) is 0 Å². The van der Waals surface area contributed by atoms with Crippen molar-refractivity contribution in [2.24, 2.45) is 5.92 Å². The van der Waals surface area contributed by atoms with Crippen molar-refractivity contribution < 1.29 is 24.1 Å². The Morgan fingerprint density at radius 2 is 2.33 bits per heavy atom. The first-order valence-electron chi connectivity index (χ1n) is 5.72. The van der Waals surface area contributed by atoms with Gasteiger partial charge in [0.05, 0.1) is 18.6 Å². The molecular formula is C12H12O5S. The Hall–Kier alpha value is -1.24. The number of carboxylic acids is 1. The van der Waals surface area contributed by atoms with Gasteiger partial charge in [-0.05, 0) is 12.5 Å². The second kappa shape index (κ2) is 4.15. The third-order valence-corrected chi connectivity index (χ3v) is 3.56. The van der Waals surface area contributed by atoms with E-state index in [1.807, 2.05) is 6.08 Å². The van der Waals surface area contributed by atoms with Crippen molar-refractivity contribution in [1.29, 1.82) is 0 Å². The summed E-state index contributed by atoms with van der Waals surface area (Å²) in [6.45, 7) is 0. The molecule has 6 heteroatoms. The molecule has 2 aliphatic heterocycles. The highest BCUT2D eigenvalue weighted by Crippen LogP contribution is 2.41. The molecule has 1 N–H and O–H groups in total. The summed E-state index contributed by atoms with van der Waals surface area (Å²) in [6, 6.07) is 0. The van der Waals surface area contributed by atoms with Crippen molar-refractivity contribution in [2.45, 2.75) is 31.0 Å². The lowest BCUT2D eigenvalue weighted by atomic mass is 9.90. The van der Waals surface area contributed by atoms with Crippen LogP contribution in [0.15, 0.2) is 24.5 Å². The second-order valence-corrected chi connectivity index (χ2v) is 5.04. The fourth-order valence-corrected chi connectivity index (χ4v) is 2.67. The van der Waals surface area contributed by atoms with Crippen LogP contribution in [0.5, 0.6) is 0 Å². The molecule has 0 aromatic carbocycles. The number of fused-ring (bicyclic) bond motifs is 1. The molecule has 2 heterocycles. The molecule has 0 saturated carbocycles. The zero-order chi connectivity index (χ0) is 12.8. The fraction of sp³-hybridized carbons (Fsp3) is 0.500. The first-order valence-corrected chi connectivity index (χ1v) is 6.13. The van der Waals surface area contributed by atoms with Crippen molar-refractivity contribution in [3.63, 3.8) is 0 Å². The summed E-state index contributed by atoms with van der Waals surface area (Å²) in [5.41, 5.74) is 0. The molecule has 0 amide bonds. The number of aliphatic carboxylic acids is 1. The third kappa shape index (κ3) is 1.86. The van der Waals surface area contributed by atoms with E-state index >= 15 is 0 Å². The molecule has 1 fully saturated rings. The normalized spacial score (nSPS) is 41.8. The van der Waals surface area contributed by atoms with E-state index in [9.17, 15) is 9.90 Å². The minimum Gasteiger partial charge on any atom is -0.481 e. The predicted octanol–water partition coefficient (Wildman–Crippen LogP) is 1.39. The van der Waals surface area contributed by atoms with E-state index in [0.717, 1.165) is 0 Å². The van der Waals surface area contributed by atoms with Crippen LogP contribution in [0.25, 0.3) is 0 Å². The molecule has 1 spiro atoms. The standard InChI is InChI=1S/C12H12O5S/c13-11(14)8-2-1-3-9-10(8)17-12(16-9)6-7(18)4-5-15-12/h1,3-5,8-10H,2,6H2,(H,13,14). The SMILES string of the molecule is O=C(O)C1CC=CC2OC3(CC(=S)C=CO3)OC21. The maximum Gasteiger partial charge on any atom is 0.332 e. The van der Waals surface area contributed by atoms with Gasteiger partial charge in [0.25, 0.3) is 0 Å². The van der Waals surface area contributed by atoms with E-state index in [0.29, 0.717) is 17.7 Å². The summed E-state index contributed by atoms with van der Waals surface area (Å²) in [4.78, 5) is 11.8. The molecule has 18 heavy (non-hydrogen) atoms. The number of rotatable bonds is 1. The fourth-order valence-electron chi connectivity index (χ4n) is 2.44. The quantitative estimate of drug-likeness (QED) is 0.572. The summed E-state index contributed by atoms with van der Waals surface area (Å²) in [5, 5.41) is 9.17. The van der Waals surface area contributed by atoms with Gasteiger partial charge in [-0.1, -0.05) is 24.4 Å². The van der Waals surface area contributed by atoms with Crippen LogP contribution in [-0.4, -0.2) is 34.1 Å². The average Bonchev–Trinajstić information content (AvgIpc) is 2.65. The van der Waals surface area contributed by atoms with Crippen molar-refractivity contribution in [3.05, 3.63) is 24.5 Å². The van der Waals surface area contributed by atoms with Crippen LogP contribution in [0.2, 0.25) is 0 Å². The summed E-state index contributed by atoms with van der Waals surface area (Å²) in [7, 11) is 0. The molecule has 5 nitrogen and oxygen atoms in total. The highest BCUT2D eigenvalue weighted by Gasteiger charge is 2.54. The van der Waals surface area contributed by atoms with Crippen LogP contribution in [0.3, 0.4) is 0 Å². The zero-order valence-electron chi connectivity index (χ0n) is 9.44. The number of hydrogen-bond acceptors (Lipinski definition) is 5. The van der Waals surface area contributed by atoms with Gasteiger partial charge in [0.15, 0.2) is 0 Å². The Labute approximate surface area is 109 Å². The largest absolute Gasteiger partial charge is 0.481 e. The molecule has 96 valence electrons. The Kier molecular flexibility index (Phi) is 2.73. The van der Waals surface area contributed by atoms with E-state index in [2.05, 4.69) is 0 Å². The average molecular weight is 268 g/mol. The van der Waals surface area contributed by atoms with Crippen LogP contribution < -0.4 is 0 Å². The molecule has 4 unspecified atom stereocenters. The van der Waals surface area contributed by atoms with E-state index < -0.39 is 30.1 Å². The topological polar surface area (TPSA) is 65.0 Å². The second-order valence-electron chi connectivity index (χ2n) is 4.52. The summed E-state index contributed by atoms with van der Waals surface area (Å²) >= 11 is 5.10. The number of ether oxygens (including phenoxy) is 3. The molecular weight excluding hydrogens is 256 g/mol. The Bertz CT molecular complexity index is 457. The summed E-state index contributed by atoms with van der Waals surface area (Å²) in [6.07, 6.45) is 6.56. The first kappa shape index (κ1) is 11.8. The van der Waals surface area contributed by atoms with Crippen molar-refractivity contribution in [3.8, 4) is 0 Å². The van der Waals surface area contributed by atoms with Gasteiger partial charge in [0, 0.05) is 4.86 Å². The van der Waals surface area contributed by atoms with E-state index in [1.165, 1.54) is 6.26 Å². The lowest BCUT2D eigenvalue weighted by Crippen LogP contribution is -2.39. The molecule has 0 aromatic rings. The first-order chi connectivity index (χ1) is 8.60. The number of thiocarbonyl (C=S) groups is 1. The maximum absolute atomic E-state index is 11.2. The highest BCUT2D eigenvalue weighted by molar-refractivity contribution is 7.80.